The van der Waals surface area contributed by atoms with Crippen LogP contribution >= 0.6 is 0 Å². The number of rotatable bonds is 26. The van der Waals surface area contributed by atoms with E-state index in [1.165, 1.54) is 12.1 Å². The number of nitro groups is 1. The van der Waals surface area contributed by atoms with Gasteiger partial charge in [-0.1, -0.05) is 124 Å². The summed E-state index contributed by atoms with van der Waals surface area (Å²) in [5.74, 6) is 0.463. The number of primary amides is 1. The van der Waals surface area contributed by atoms with E-state index in [0.717, 1.165) is 53.4 Å². The number of methoxy groups -OCH3 is 2. The smallest absolute Gasteiger partial charge is 0.410 e. The average molecular weight is 1250 g/mol. The fourth-order valence-electron chi connectivity index (χ4n) is 10.0. The molecule has 0 bridgehead atoms. The van der Waals surface area contributed by atoms with Crippen molar-refractivity contribution < 1.29 is 62.2 Å². The molecular weight excluding hydrogens is 1140 g/mol. The number of carbonyl (C=O) groups excluding carboxylic acids is 7. The molecule has 3 aromatic carbocycles. The summed E-state index contributed by atoms with van der Waals surface area (Å²) >= 11 is 0. The molecule has 0 radical (unpaired) electrons. The minimum Gasteiger partial charge on any atom is -0.449 e. The lowest BCUT2D eigenvalue weighted by atomic mass is 9.90. The molecule has 3 aromatic rings. The number of hydrogen-bond acceptors (Lipinski definition) is 15. The third-order valence-electron chi connectivity index (χ3n) is 15.3. The van der Waals surface area contributed by atoms with Gasteiger partial charge in [0.15, 0.2) is 0 Å². The highest BCUT2D eigenvalue weighted by atomic mass is 16.6. The predicted octanol–water partition coefficient (Wildman–Crippen LogP) is 10.8. The van der Waals surface area contributed by atoms with Gasteiger partial charge in [0.25, 0.3) is 5.69 Å². The lowest BCUT2D eigenvalue weighted by Gasteiger charge is -2.39. The molecule has 6 amide bonds. The van der Waals surface area contributed by atoms with Crippen LogP contribution in [0.25, 0.3) is 11.1 Å². The Morgan fingerprint density at radius 3 is 1.83 bits per heavy atom. The van der Waals surface area contributed by atoms with E-state index in [1.54, 1.807) is 50.2 Å². The molecule has 0 spiro atoms. The van der Waals surface area contributed by atoms with E-state index in [9.17, 15) is 38.9 Å². The third kappa shape index (κ3) is 27.7. The monoisotopic (exact) mass is 1250 g/mol. The van der Waals surface area contributed by atoms with Gasteiger partial charge in [0.2, 0.25) is 24.1 Å². The molecule has 89 heavy (non-hydrogen) atoms. The molecular formula is C67H110N8O14. The number of fused-ring (bicyclic) bond motifs is 3. The van der Waals surface area contributed by atoms with Crippen LogP contribution in [0.3, 0.4) is 0 Å². The first-order valence-corrected chi connectivity index (χ1v) is 31.2. The summed E-state index contributed by atoms with van der Waals surface area (Å²) in [4.78, 5) is 97.5. The van der Waals surface area contributed by atoms with Crippen molar-refractivity contribution in [2.24, 2.45) is 23.5 Å². The van der Waals surface area contributed by atoms with Crippen LogP contribution in [0.5, 0.6) is 0 Å². The van der Waals surface area contributed by atoms with E-state index >= 15 is 0 Å². The molecule has 5 N–H and O–H groups in total. The summed E-state index contributed by atoms with van der Waals surface area (Å²) in [5.41, 5.74) is 8.94. The number of amides is 6. The molecule has 0 aromatic heterocycles. The largest absolute Gasteiger partial charge is 0.449 e. The number of hydrogen-bond donors (Lipinski definition) is 4. The minimum atomic E-state index is -0.685. The van der Waals surface area contributed by atoms with E-state index in [2.05, 4.69) is 61.5 Å². The Kier molecular flexibility index (Phi) is 40.2. The Bertz CT molecular complexity index is 2520. The first-order valence-electron chi connectivity index (χ1n) is 31.2. The number of likely N-dealkylation sites (N-methyl/N-ethyl adjacent to an activating group) is 2. The summed E-state index contributed by atoms with van der Waals surface area (Å²) in [6.45, 7) is 30.4. The van der Waals surface area contributed by atoms with Gasteiger partial charge in [-0.05, 0) is 112 Å². The zero-order valence-electron chi connectivity index (χ0n) is 57.1. The summed E-state index contributed by atoms with van der Waals surface area (Å²) in [6, 6.07) is 22.0. The van der Waals surface area contributed by atoms with Gasteiger partial charge in [-0.3, -0.25) is 29.3 Å². The van der Waals surface area contributed by atoms with Gasteiger partial charge in [-0.25, -0.2) is 9.59 Å². The standard InChI is InChI=1S/C28H30N4O6.C23H42N2O5.C11H23NO2.2C2H6.CH3NO/c1-18(29-2)27(19-11-13-20(14-12-19)32(35)36)38-17-31-26(33)15-30-28(34)37-16-25-23-9-5-3-7-21(23)22-8-4-6-10-24(22)25;1-8-17(4)23(24(5)21(27)14-16(2)3)20(30-7)15-22(28)25-12-9-10-18(25)19(29-6)11-13-26;1-8(2)9(3)12(7)10(13)14-11(4,5)6;2*1-2;2-1-3/h3-14,18,25,27,29H,15-17H2,1-2H3,(H,30,34)(H,31,33);13,16-20,23H,8-12,14-15H2,1-7H3;8-9H,1-7H3;2*1-2H3;1H,(H2,2,3)/t18-,27?;;;;;/m1...../s1. The van der Waals surface area contributed by atoms with Gasteiger partial charge in [0.05, 0.1) is 41.7 Å². The molecule has 1 fully saturated rings. The molecule has 1 aliphatic carbocycles. The van der Waals surface area contributed by atoms with Crippen LogP contribution in [0.15, 0.2) is 72.8 Å². The highest BCUT2D eigenvalue weighted by Crippen LogP contribution is 2.44. The van der Waals surface area contributed by atoms with Gasteiger partial charge in [-0.15, -0.1) is 0 Å². The number of non-ortho nitro benzene ring substituents is 1. The number of carbonyl (C=O) groups is 7. The van der Waals surface area contributed by atoms with E-state index in [4.69, 9.17) is 28.5 Å². The molecule has 0 saturated carbocycles. The van der Waals surface area contributed by atoms with Crippen molar-refractivity contribution >= 4 is 48.3 Å². The number of alkyl carbamates (subject to hydrolysis) is 1. The predicted molar refractivity (Wildman–Crippen MR) is 350 cm³/mol. The summed E-state index contributed by atoms with van der Waals surface area (Å²) < 4.78 is 27.8. The molecule has 5 rings (SSSR count). The fraction of sp³-hybridized carbons (Fsp3) is 0.627. The molecule has 8 atom stereocenters. The van der Waals surface area contributed by atoms with Crippen LogP contribution in [-0.2, 0) is 47.7 Å². The lowest BCUT2D eigenvalue weighted by Crippen LogP contribution is -2.52. The second kappa shape index (κ2) is 43.6. The van der Waals surface area contributed by atoms with Crippen molar-refractivity contribution in [3.05, 3.63) is 99.6 Å². The highest BCUT2D eigenvalue weighted by Gasteiger charge is 2.39. The molecule has 502 valence electrons. The SMILES string of the molecule is CC.CC.CC(C)C(C)N(C)C(=O)OC(C)(C)C.CCC(C)C(C(CC(=O)N1CCCC1C(CC=O)OC)OC)N(C)C(=O)CC(C)C.CN[C@H](C)C(OCNC(=O)CNC(=O)OCC1c2ccccc2-c2ccccc21)c1ccc([N+](=O)[O-])cc1.NC=O. The first kappa shape index (κ1) is 82.0. The lowest BCUT2D eigenvalue weighted by molar-refractivity contribution is -0.384. The van der Waals surface area contributed by atoms with Crippen molar-refractivity contribution in [3.8, 4) is 11.1 Å². The van der Waals surface area contributed by atoms with Crippen LogP contribution < -0.4 is 21.7 Å². The maximum atomic E-state index is 13.2. The van der Waals surface area contributed by atoms with Crippen LogP contribution in [0.4, 0.5) is 15.3 Å². The number of nitrogens with one attached hydrogen (secondary N) is 3. The molecule has 1 heterocycles. The van der Waals surface area contributed by atoms with E-state index in [-0.39, 0.29) is 117 Å². The van der Waals surface area contributed by atoms with Gasteiger partial charge >= 0.3 is 12.2 Å². The summed E-state index contributed by atoms with van der Waals surface area (Å²) in [5, 5.41) is 19.1. The van der Waals surface area contributed by atoms with Crippen LogP contribution in [-0.4, -0.2) is 166 Å². The van der Waals surface area contributed by atoms with E-state index < -0.39 is 28.6 Å². The zero-order chi connectivity index (χ0) is 68.1. The highest BCUT2D eigenvalue weighted by molar-refractivity contribution is 5.82. The van der Waals surface area contributed by atoms with Gasteiger partial charge in [0.1, 0.15) is 31.8 Å². The summed E-state index contributed by atoms with van der Waals surface area (Å²) in [7, 11) is 8.56. The summed E-state index contributed by atoms with van der Waals surface area (Å²) in [6.07, 6.45) is 2.60. The minimum absolute atomic E-state index is 0.00434. The van der Waals surface area contributed by atoms with Crippen molar-refractivity contribution in [3.63, 3.8) is 0 Å². The van der Waals surface area contributed by atoms with Crippen LogP contribution in [0.1, 0.15) is 171 Å². The van der Waals surface area contributed by atoms with Gasteiger partial charge in [-0.2, -0.15) is 0 Å². The van der Waals surface area contributed by atoms with Crippen molar-refractivity contribution in [2.45, 2.75) is 196 Å². The molecule has 1 saturated heterocycles. The molecule has 22 heteroatoms. The number of nitrogens with two attached hydrogens (primary N) is 1. The van der Waals surface area contributed by atoms with Gasteiger partial charge < -0.3 is 64.9 Å². The normalized spacial score (nSPS) is 15.3. The van der Waals surface area contributed by atoms with Crippen molar-refractivity contribution in [2.75, 3.05) is 61.8 Å². The Hall–Kier alpha value is -7.01. The molecule has 2 aliphatic rings. The second-order valence-electron chi connectivity index (χ2n) is 23.1. The number of ether oxygens (including phenoxy) is 5. The van der Waals surface area contributed by atoms with Crippen LogP contribution in [0, 0.1) is 27.9 Å². The Balaban J connectivity index is 0.00000135. The van der Waals surface area contributed by atoms with Crippen molar-refractivity contribution in [1.82, 2.24) is 30.7 Å². The number of likely N-dealkylation sites (tertiary alicyclic amines) is 1. The maximum absolute atomic E-state index is 13.2. The van der Waals surface area contributed by atoms with Crippen LogP contribution in [0.2, 0.25) is 0 Å². The van der Waals surface area contributed by atoms with E-state index in [1.807, 2.05) is 125 Å². The zero-order valence-corrected chi connectivity index (χ0v) is 57.1. The molecule has 22 nitrogen and oxygen atoms in total. The van der Waals surface area contributed by atoms with Crippen molar-refractivity contribution in [1.29, 1.82) is 0 Å². The third-order valence-corrected chi connectivity index (χ3v) is 15.3. The molecule has 7 unspecified atom stereocenters. The fourth-order valence-corrected chi connectivity index (χ4v) is 10.0. The number of nitrogens with zero attached hydrogens (tertiary/aromatic N) is 4. The Labute approximate surface area is 531 Å². The molecule has 1 aliphatic heterocycles. The topological polar surface area (TPSA) is 281 Å². The Morgan fingerprint density at radius 2 is 1.37 bits per heavy atom. The quantitative estimate of drug-likeness (QED) is 0.0252. The second-order valence-corrected chi connectivity index (χ2v) is 23.1. The maximum Gasteiger partial charge on any atom is 0.410 e. The Morgan fingerprint density at radius 1 is 0.820 bits per heavy atom. The number of aldehydes is 1. The number of benzene rings is 3. The number of nitro benzene ring substituents is 1. The van der Waals surface area contributed by atoms with Gasteiger partial charge in [0, 0.05) is 77.8 Å². The first-order chi connectivity index (χ1) is 42.2. The average Bonchev–Trinajstić information content (AvgIpc) is 1.96. The van der Waals surface area contributed by atoms with E-state index in [0.29, 0.717) is 18.9 Å².